The van der Waals surface area contributed by atoms with E-state index in [9.17, 15) is 8.42 Å². The van der Waals surface area contributed by atoms with E-state index in [4.69, 9.17) is 4.11 Å². The Morgan fingerprint density at radius 3 is 2.14 bits per heavy atom. The molecular formula is C2H8N2O2S. The van der Waals surface area contributed by atoms with Gasteiger partial charge in [-0.15, -0.1) is 0 Å². The van der Waals surface area contributed by atoms with Crippen molar-refractivity contribution in [3.8, 4) is 0 Å². The van der Waals surface area contributed by atoms with Gasteiger partial charge in [-0.05, 0) is 0 Å². The molecule has 0 aromatic carbocycles. The molecule has 0 aromatic rings. The van der Waals surface area contributed by atoms with Crippen LogP contribution in [0.4, 0.5) is 0 Å². The van der Waals surface area contributed by atoms with Crippen LogP contribution in [0.25, 0.3) is 0 Å². The van der Waals surface area contributed by atoms with Crippen LogP contribution in [0.5, 0.6) is 0 Å². The van der Waals surface area contributed by atoms with Crippen LogP contribution in [0.1, 0.15) is 4.11 Å². The van der Waals surface area contributed by atoms with Gasteiger partial charge in [0.2, 0.25) is 10.0 Å². The highest BCUT2D eigenvalue weighted by Crippen LogP contribution is 1.68. The van der Waals surface area contributed by atoms with Gasteiger partial charge in [0, 0.05) is 10.6 Å². The average Bonchev–Trinajstić information content (AvgIpc) is 1.59. The van der Waals surface area contributed by atoms with Gasteiger partial charge in [-0.1, -0.05) is 0 Å². The van der Waals surface area contributed by atoms with E-state index in [-0.39, 0.29) is 0 Å². The maximum absolute atomic E-state index is 10.2. The van der Waals surface area contributed by atoms with Crippen LogP contribution in [-0.4, -0.2) is 20.6 Å². The summed E-state index contributed by atoms with van der Waals surface area (Å²) >= 11 is 0. The lowest BCUT2D eigenvalue weighted by molar-refractivity contribution is 0.597. The van der Waals surface area contributed by atoms with Gasteiger partial charge in [-0.3, -0.25) is 0 Å². The zero-order valence-corrected chi connectivity index (χ0v) is 4.27. The third-order valence-corrected chi connectivity index (χ3v) is 0.697. The van der Waals surface area contributed by atoms with Crippen LogP contribution < -0.4 is 10.9 Å². The molecule has 0 fully saturated rings. The van der Waals surface area contributed by atoms with Crippen molar-refractivity contribution < 1.29 is 12.5 Å². The topological polar surface area (TPSA) is 86.2 Å². The van der Waals surface area contributed by atoms with Crippen molar-refractivity contribution >= 4 is 10.0 Å². The predicted molar refractivity (Wildman–Crippen MR) is 27.0 cm³/mol. The van der Waals surface area contributed by atoms with Gasteiger partial charge in [0.15, 0.2) is 0 Å². The Kier molecular flexibility index (Phi) is 0.966. The molecule has 4 N–H and O–H groups in total. The predicted octanol–water partition coefficient (Wildman–Crippen LogP) is -1.77. The smallest absolute Gasteiger partial charge is 0.210 e. The maximum atomic E-state index is 10.2. The maximum Gasteiger partial charge on any atom is 0.210 e. The van der Waals surface area contributed by atoms with E-state index in [1.54, 1.807) is 0 Å². The molecule has 0 spiro atoms. The van der Waals surface area contributed by atoms with Crippen molar-refractivity contribution in [2.45, 2.75) is 0 Å². The average molecular weight is 127 g/mol. The fourth-order valence-corrected chi connectivity index (χ4v) is 0.285. The summed E-state index contributed by atoms with van der Waals surface area (Å²) in [6.07, 6.45) is 0. The van der Waals surface area contributed by atoms with Gasteiger partial charge in [-0.25, -0.2) is 13.6 Å². The molecule has 0 saturated heterocycles. The monoisotopic (exact) mass is 127 g/mol. The molecule has 0 aromatic heterocycles. The van der Waals surface area contributed by atoms with Gasteiger partial charge in [0.1, 0.15) is 0 Å². The lowest BCUT2D eigenvalue weighted by Crippen LogP contribution is -2.22. The zero-order chi connectivity index (χ0) is 8.58. The normalized spacial score (nSPS) is 24.6. The first-order valence-corrected chi connectivity index (χ1v) is 2.99. The third-order valence-electron chi connectivity index (χ3n) is 0.232. The lowest BCUT2D eigenvalue weighted by atomic mass is 10.8. The summed E-state index contributed by atoms with van der Waals surface area (Å²) in [5.74, 6) is 0. The Morgan fingerprint density at radius 2 is 2.14 bits per heavy atom. The Hall–Kier alpha value is -0.130. The Bertz CT molecular complexity index is 207. The minimum Gasteiger partial charge on any atom is -0.329 e. The van der Waals surface area contributed by atoms with Crippen LogP contribution in [0.15, 0.2) is 0 Å². The first kappa shape index (κ1) is 3.01. The van der Waals surface area contributed by atoms with E-state index in [1.165, 1.54) is 0 Å². The quantitative estimate of drug-likeness (QED) is 0.460. The number of primary sulfonamides is 1. The molecule has 1 unspecified atom stereocenters. The molecule has 7 heavy (non-hydrogen) atoms. The summed E-state index contributed by atoms with van der Waals surface area (Å²) < 4.78 is 40.3. The SMILES string of the molecule is [2H]C(C([2H])([2H])N)S(N)(=O)=O. The van der Waals surface area contributed by atoms with Crippen LogP contribution in [0.2, 0.25) is 0 Å². The molecule has 0 aliphatic rings. The number of hydrogen-bond donors (Lipinski definition) is 2. The zero-order valence-electron chi connectivity index (χ0n) is 6.46. The number of hydrogen-bond acceptors (Lipinski definition) is 3. The van der Waals surface area contributed by atoms with Gasteiger partial charge in [0.05, 0.1) is 5.73 Å². The highest BCUT2D eigenvalue weighted by molar-refractivity contribution is 7.89. The first-order valence-electron chi connectivity index (χ1n) is 2.96. The van der Waals surface area contributed by atoms with Crippen molar-refractivity contribution in [1.29, 1.82) is 0 Å². The Labute approximate surface area is 46.8 Å². The fourth-order valence-electron chi connectivity index (χ4n) is 0.0948. The van der Waals surface area contributed by atoms with Crippen molar-refractivity contribution in [3.63, 3.8) is 0 Å². The van der Waals surface area contributed by atoms with E-state index in [2.05, 4.69) is 10.9 Å². The van der Waals surface area contributed by atoms with Crippen molar-refractivity contribution in [2.75, 3.05) is 12.2 Å². The molecule has 0 radical (unpaired) electrons. The molecule has 0 amide bonds. The van der Waals surface area contributed by atoms with Crippen molar-refractivity contribution in [3.05, 3.63) is 0 Å². The largest absolute Gasteiger partial charge is 0.329 e. The van der Waals surface area contributed by atoms with E-state index in [1.807, 2.05) is 0 Å². The number of nitrogens with two attached hydrogens (primary N) is 2. The molecule has 44 valence electrons. The highest BCUT2D eigenvalue weighted by atomic mass is 32.2. The minimum atomic E-state index is -4.19. The molecule has 0 aliphatic heterocycles. The third kappa shape index (κ3) is 5.87. The molecule has 1 atom stereocenters. The molecule has 0 bridgehead atoms. The highest BCUT2D eigenvalue weighted by Gasteiger charge is 1.96. The second-order valence-corrected chi connectivity index (χ2v) is 2.29. The van der Waals surface area contributed by atoms with E-state index < -0.39 is 22.2 Å². The Balaban J connectivity index is 4.56. The van der Waals surface area contributed by atoms with Crippen molar-refractivity contribution in [2.24, 2.45) is 10.9 Å². The molecule has 0 aliphatic carbocycles. The summed E-state index contributed by atoms with van der Waals surface area (Å²) in [6, 6.07) is 0. The van der Waals surface area contributed by atoms with Gasteiger partial charge < -0.3 is 5.73 Å². The Morgan fingerprint density at radius 1 is 1.71 bits per heavy atom. The van der Waals surface area contributed by atoms with Crippen LogP contribution in [0, 0.1) is 0 Å². The van der Waals surface area contributed by atoms with E-state index in [0.29, 0.717) is 0 Å². The molecule has 4 nitrogen and oxygen atoms in total. The summed E-state index contributed by atoms with van der Waals surface area (Å²) in [5, 5.41) is 4.43. The van der Waals surface area contributed by atoms with E-state index >= 15 is 0 Å². The molecule has 0 rings (SSSR count). The molecule has 0 saturated carbocycles. The van der Waals surface area contributed by atoms with Crippen molar-refractivity contribution in [1.82, 2.24) is 0 Å². The summed E-state index contributed by atoms with van der Waals surface area (Å²) in [5.41, 5.74) is 2.53. The standard InChI is InChI=1S/C2H8N2O2S/c3-1-2-7(4,5)6/h1-3H2,(H2,4,5,6)/i1D2,2D. The fraction of sp³-hybridized carbons (Fsp3) is 1.00. The number of sulfonamides is 1. The summed E-state index contributed by atoms with van der Waals surface area (Å²) in [6.45, 7) is -2.60. The van der Waals surface area contributed by atoms with E-state index in [0.717, 1.165) is 0 Å². The van der Waals surface area contributed by atoms with Crippen LogP contribution >= 0.6 is 0 Å². The van der Waals surface area contributed by atoms with Gasteiger partial charge in [-0.2, -0.15) is 0 Å². The van der Waals surface area contributed by atoms with Crippen LogP contribution in [-0.2, 0) is 10.0 Å². The summed E-state index contributed by atoms with van der Waals surface area (Å²) in [7, 11) is -4.19. The summed E-state index contributed by atoms with van der Waals surface area (Å²) in [4.78, 5) is 0. The lowest BCUT2D eigenvalue weighted by Gasteiger charge is -1.87. The minimum absolute atomic E-state index is 2.13. The van der Waals surface area contributed by atoms with Gasteiger partial charge >= 0.3 is 0 Å². The number of rotatable bonds is 2. The second kappa shape index (κ2) is 2.25. The van der Waals surface area contributed by atoms with Crippen LogP contribution in [0.3, 0.4) is 0 Å². The van der Waals surface area contributed by atoms with Gasteiger partial charge in [0.25, 0.3) is 0 Å². The molecule has 5 heteroatoms. The first-order chi connectivity index (χ1) is 4.15. The molecular weight excluding hydrogens is 116 g/mol. The second-order valence-electron chi connectivity index (χ2n) is 0.874. The molecule has 0 heterocycles.